The van der Waals surface area contributed by atoms with Crippen LogP contribution in [0.3, 0.4) is 0 Å². The highest BCUT2D eigenvalue weighted by Crippen LogP contribution is 2.23. The van der Waals surface area contributed by atoms with E-state index in [1.165, 1.54) is 0 Å². The van der Waals surface area contributed by atoms with Gasteiger partial charge in [-0.2, -0.15) is 15.8 Å². The maximum Gasteiger partial charge on any atom is 0.101 e. The minimum absolute atomic E-state index is 0.305. The van der Waals surface area contributed by atoms with Gasteiger partial charge in [0.25, 0.3) is 0 Å². The zero-order chi connectivity index (χ0) is 14.5. The van der Waals surface area contributed by atoms with Crippen LogP contribution in [0.1, 0.15) is 16.7 Å². The fraction of sp³-hybridized carbons (Fsp3) is 0. The lowest BCUT2D eigenvalue weighted by atomic mass is 10.1. The molecule has 0 heterocycles. The van der Waals surface area contributed by atoms with E-state index in [1.54, 1.807) is 36.4 Å². The fourth-order valence-corrected chi connectivity index (χ4v) is 1.72. The van der Waals surface area contributed by atoms with Gasteiger partial charge in [-0.1, -0.05) is 0 Å². The summed E-state index contributed by atoms with van der Waals surface area (Å²) in [7, 11) is 0. The number of nitrogens with zero attached hydrogens (tertiary/aromatic N) is 3. The molecule has 0 bridgehead atoms. The largest absolute Gasteiger partial charge is 0.398 e. The van der Waals surface area contributed by atoms with Gasteiger partial charge in [-0.15, -0.1) is 0 Å². The third kappa shape index (κ3) is 2.51. The van der Waals surface area contributed by atoms with E-state index < -0.39 is 0 Å². The smallest absolute Gasteiger partial charge is 0.101 e. The van der Waals surface area contributed by atoms with Crippen molar-refractivity contribution in [3.8, 4) is 18.2 Å². The van der Waals surface area contributed by atoms with Crippen LogP contribution in [-0.2, 0) is 0 Å². The summed E-state index contributed by atoms with van der Waals surface area (Å²) in [6, 6.07) is 15.8. The molecule has 0 unspecified atom stereocenters. The molecule has 0 amide bonds. The minimum atomic E-state index is 0.305. The fourth-order valence-electron chi connectivity index (χ4n) is 1.72. The topological polar surface area (TPSA) is 109 Å². The molecule has 0 radical (unpaired) electrons. The molecule has 0 saturated carbocycles. The summed E-state index contributed by atoms with van der Waals surface area (Å²) in [6.45, 7) is 0. The van der Waals surface area contributed by atoms with Crippen LogP contribution in [0.2, 0.25) is 0 Å². The molecule has 0 aliphatic heterocycles. The Labute approximate surface area is 116 Å². The first-order valence-electron chi connectivity index (χ1n) is 5.69. The second-order valence-electron chi connectivity index (χ2n) is 4.02. The maximum atomic E-state index is 8.97. The van der Waals surface area contributed by atoms with Gasteiger partial charge in [0.1, 0.15) is 18.2 Å². The summed E-state index contributed by atoms with van der Waals surface area (Å²) >= 11 is 0. The molecule has 0 aromatic heterocycles. The Morgan fingerprint density at radius 3 is 1.85 bits per heavy atom. The Bertz CT molecular complexity index is 787. The molecule has 0 saturated heterocycles. The number of nitrogens with two attached hydrogens (primary N) is 1. The third-order valence-corrected chi connectivity index (χ3v) is 2.72. The Kier molecular flexibility index (Phi) is 3.52. The van der Waals surface area contributed by atoms with Crippen molar-refractivity contribution in [3.63, 3.8) is 0 Å². The first kappa shape index (κ1) is 13.0. The van der Waals surface area contributed by atoms with E-state index in [4.69, 9.17) is 21.5 Å². The van der Waals surface area contributed by atoms with Crippen LogP contribution in [-0.4, -0.2) is 0 Å². The van der Waals surface area contributed by atoms with Gasteiger partial charge < -0.3 is 11.1 Å². The van der Waals surface area contributed by atoms with Crippen LogP contribution in [0.15, 0.2) is 36.4 Å². The van der Waals surface area contributed by atoms with Crippen LogP contribution < -0.4 is 11.1 Å². The number of anilines is 3. The van der Waals surface area contributed by atoms with Crippen LogP contribution in [0.5, 0.6) is 0 Å². The van der Waals surface area contributed by atoms with E-state index in [1.807, 2.05) is 18.2 Å². The van der Waals surface area contributed by atoms with E-state index in [0.717, 1.165) is 0 Å². The molecule has 20 heavy (non-hydrogen) atoms. The Morgan fingerprint density at radius 1 is 0.750 bits per heavy atom. The molecule has 3 N–H and O–H groups in total. The predicted octanol–water partition coefficient (Wildman–Crippen LogP) is 2.63. The van der Waals surface area contributed by atoms with Crippen molar-refractivity contribution >= 4 is 17.1 Å². The molecule has 0 atom stereocenters. The number of nitrogens with one attached hydrogen (secondary N) is 1. The zero-order valence-electron chi connectivity index (χ0n) is 10.4. The van der Waals surface area contributed by atoms with Crippen molar-refractivity contribution in [3.05, 3.63) is 53.1 Å². The van der Waals surface area contributed by atoms with Gasteiger partial charge in [0, 0.05) is 11.4 Å². The van der Waals surface area contributed by atoms with Crippen molar-refractivity contribution in [2.75, 3.05) is 11.1 Å². The molecule has 0 aliphatic carbocycles. The van der Waals surface area contributed by atoms with Crippen LogP contribution in [0.25, 0.3) is 0 Å². The predicted molar refractivity (Wildman–Crippen MR) is 74.7 cm³/mol. The van der Waals surface area contributed by atoms with Gasteiger partial charge in [-0.05, 0) is 36.4 Å². The van der Waals surface area contributed by atoms with Crippen molar-refractivity contribution < 1.29 is 0 Å². The number of benzene rings is 2. The Balaban J connectivity index is 2.32. The number of nitriles is 3. The standard InChI is InChI=1S/C15H9N5/c16-7-10-1-3-13(5-12(10)9-18)20-14-4-2-11(8-17)15(19)6-14/h1-6,20H,19H2. The van der Waals surface area contributed by atoms with Crippen LogP contribution in [0, 0.1) is 34.0 Å². The van der Waals surface area contributed by atoms with Crippen LogP contribution >= 0.6 is 0 Å². The molecule has 94 valence electrons. The van der Waals surface area contributed by atoms with Gasteiger partial charge in [-0.3, -0.25) is 0 Å². The van der Waals surface area contributed by atoms with E-state index in [2.05, 4.69) is 5.32 Å². The van der Waals surface area contributed by atoms with Crippen molar-refractivity contribution in [1.82, 2.24) is 0 Å². The summed E-state index contributed by atoms with van der Waals surface area (Å²) in [5.41, 5.74) is 8.53. The molecular weight excluding hydrogens is 250 g/mol. The third-order valence-electron chi connectivity index (χ3n) is 2.72. The van der Waals surface area contributed by atoms with Crippen molar-refractivity contribution in [2.24, 2.45) is 0 Å². The molecule has 5 heteroatoms. The second kappa shape index (κ2) is 5.44. The van der Waals surface area contributed by atoms with Crippen molar-refractivity contribution in [1.29, 1.82) is 15.8 Å². The zero-order valence-corrected chi connectivity index (χ0v) is 10.4. The molecule has 0 aliphatic rings. The molecule has 0 spiro atoms. The van der Waals surface area contributed by atoms with E-state index in [9.17, 15) is 0 Å². The number of hydrogen-bond donors (Lipinski definition) is 2. The molecule has 2 rings (SSSR count). The van der Waals surface area contributed by atoms with Crippen molar-refractivity contribution in [2.45, 2.75) is 0 Å². The first-order chi connectivity index (χ1) is 9.67. The number of nitrogen functional groups attached to an aromatic ring is 1. The average Bonchev–Trinajstić information content (AvgIpc) is 2.47. The SMILES string of the molecule is N#Cc1ccc(Nc2ccc(C#N)c(C#N)c2)cc1N. The molecule has 0 fully saturated rings. The average molecular weight is 259 g/mol. The van der Waals surface area contributed by atoms with Gasteiger partial charge in [0.2, 0.25) is 0 Å². The lowest BCUT2D eigenvalue weighted by Gasteiger charge is -2.08. The monoisotopic (exact) mass is 259 g/mol. The van der Waals surface area contributed by atoms with E-state index in [0.29, 0.717) is 33.8 Å². The molecule has 5 nitrogen and oxygen atoms in total. The van der Waals surface area contributed by atoms with E-state index in [-0.39, 0.29) is 0 Å². The summed E-state index contributed by atoms with van der Waals surface area (Å²) in [4.78, 5) is 0. The van der Waals surface area contributed by atoms with Gasteiger partial charge >= 0.3 is 0 Å². The van der Waals surface area contributed by atoms with Gasteiger partial charge in [0.05, 0.1) is 22.4 Å². The van der Waals surface area contributed by atoms with Gasteiger partial charge in [-0.25, -0.2) is 0 Å². The number of rotatable bonds is 2. The summed E-state index contributed by atoms with van der Waals surface area (Å²) < 4.78 is 0. The second-order valence-corrected chi connectivity index (χ2v) is 4.02. The highest BCUT2D eigenvalue weighted by molar-refractivity contribution is 5.69. The van der Waals surface area contributed by atoms with Crippen LogP contribution in [0.4, 0.5) is 17.1 Å². The van der Waals surface area contributed by atoms with E-state index >= 15 is 0 Å². The lowest BCUT2D eigenvalue weighted by Crippen LogP contribution is -1.96. The Morgan fingerprint density at radius 2 is 1.30 bits per heavy atom. The molecule has 2 aromatic rings. The van der Waals surface area contributed by atoms with Gasteiger partial charge in [0.15, 0.2) is 0 Å². The molecule has 2 aromatic carbocycles. The Hall–Kier alpha value is -3.49. The summed E-state index contributed by atoms with van der Waals surface area (Å²) in [6.07, 6.45) is 0. The highest BCUT2D eigenvalue weighted by atomic mass is 14.9. The highest BCUT2D eigenvalue weighted by Gasteiger charge is 2.04. The normalized spacial score (nSPS) is 9.05. The lowest BCUT2D eigenvalue weighted by molar-refractivity contribution is 1.42. The number of hydrogen-bond acceptors (Lipinski definition) is 5. The first-order valence-corrected chi connectivity index (χ1v) is 5.69. The maximum absolute atomic E-state index is 8.97. The minimum Gasteiger partial charge on any atom is -0.398 e. The molecular formula is C15H9N5. The summed E-state index contributed by atoms with van der Waals surface area (Å²) in [5, 5.41) is 29.7. The quantitative estimate of drug-likeness (QED) is 0.805. The summed E-state index contributed by atoms with van der Waals surface area (Å²) in [5.74, 6) is 0.